The van der Waals surface area contributed by atoms with Crippen LogP contribution >= 0.6 is 11.6 Å². The number of rotatable bonds is 3. The number of benzene rings is 2. The zero-order valence-corrected chi connectivity index (χ0v) is 12.7. The fourth-order valence-electron chi connectivity index (χ4n) is 2.58. The monoisotopic (exact) mass is 300 g/mol. The van der Waals surface area contributed by atoms with Gasteiger partial charge in [-0.2, -0.15) is 5.10 Å². The summed E-state index contributed by atoms with van der Waals surface area (Å²) < 4.78 is 1.87. The first-order chi connectivity index (χ1) is 10.1. The van der Waals surface area contributed by atoms with Crippen LogP contribution in [-0.2, 0) is 7.05 Å². The van der Waals surface area contributed by atoms with E-state index in [4.69, 9.17) is 17.4 Å². The molecule has 0 radical (unpaired) electrons. The lowest BCUT2D eigenvalue weighted by atomic mass is 10.0. The summed E-state index contributed by atoms with van der Waals surface area (Å²) in [7, 11) is 1.93. The van der Waals surface area contributed by atoms with Gasteiger partial charge in [0.1, 0.15) is 0 Å². The molecule has 3 rings (SSSR count). The van der Waals surface area contributed by atoms with Gasteiger partial charge in [-0.15, -0.1) is 0 Å². The molecule has 0 fully saturated rings. The molecule has 108 valence electrons. The lowest BCUT2D eigenvalue weighted by Gasteiger charge is -2.15. The summed E-state index contributed by atoms with van der Waals surface area (Å²) in [6.45, 7) is 1.98. The molecule has 2 aromatic carbocycles. The third kappa shape index (κ3) is 2.42. The fourth-order valence-corrected chi connectivity index (χ4v) is 2.77. The number of hydrogen-bond acceptors (Lipinski definition) is 3. The minimum Gasteiger partial charge on any atom is -0.271 e. The Morgan fingerprint density at radius 1 is 1.24 bits per heavy atom. The van der Waals surface area contributed by atoms with E-state index in [0.29, 0.717) is 0 Å². The molecule has 0 aliphatic heterocycles. The second kappa shape index (κ2) is 5.48. The second-order valence-electron chi connectivity index (χ2n) is 5.13. The molecule has 0 aliphatic carbocycles. The zero-order valence-electron chi connectivity index (χ0n) is 12.0. The summed E-state index contributed by atoms with van der Waals surface area (Å²) >= 11 is 6.23. The molecular formula is C16H17ClN4. The standard InChI is InChI=1S/C16H17ClN4/c1-10-7-8-11(9-13(10)17)15(19-18)16-12-5-3-4-6-14(12)21(2)20-16/h3-9,15,19H,18H2,1-2H3. The molecule has 4 nitrogen and oxygen atoms in total. The van der Waals surface area contributed by atoms with Gasteiger partial charge in [0.25, 0.3) is 0 Å². The molecule has 0 aliphatic rings. The third-order valence-corrected chi connectivity index (χ3v) is 4.16. The maximum atomic E-state index is 6.23. The Hall–Kier alpha value is -1.88. The van der Waals surface area contributed by atoms with Crippen LogP contribution in [0.15, 0.2) is 42.5 Å². The van der Waals surface area contributed by atoms with Crippen molar-refractivity contribution >= 4 is 22.5 Å². The largest absolute Gasteiger partial charge is 0.271 e. The van der Waals surface area contributed by atoms with Crippen LogP contribution in [0.5, 0.6) is 0 Å². The molecule has 1 heterocycles. The topological polar surface area (TPSA) is 55.9 Å². The molecule has 21 heavy (non-hydrogen) atoms. The van der Waals surface area contributed by atoms with Gasteiger partial charge in [-0.3, -0.25) is 10.5 Å². The number of para-hydroxylation sites is 1. The predicted molar refractivity (Wildman–Crippen MR) is 86.1 cm³/mol. The zero-order chi connectivity index (χ0) is 15.0. The van der Waals surface area contributed by atoms with Gasteiger partial charge >= 0.3 is 0 Å². The van der Waals surface area contributed by atoms with Gasteiger partial charge in [0.05, 0.1) is 17.3 Å². The van der Waals surface area contributed by atoms with Crippen molar-refractivity contribution in [3.05, 3.63) is 64.3 Å². The lowest BCUT2D eigenvalue weighted by Crippen LogP contribution is -2.29. The minimum absolute atomic E-state index is 0.200. The summed E-state index contributed by atoms with van der Waals surface area (Å²) in [5.41, 5.74) is 6.87. The second-order valence-corrected chi connectivity index (χ2v) is 5.54. The molecule has 1 aromatic heterocycles. The Morgan fingerprint density at radius 2 is 2.00 bits per heavy atom. The molecule has 3 N–H and O–H groups in total. The molecule has 0 saturated carbocycles. The van der Waals surface area contributed by atoms with E-state index in [2.05, 4.69) is 16.6 Å². The van der Waals surface area contributed by atoms with Gasteiger partial charge in [0, 0.05) is 17.5 Å². The number of hydrogen-bond donors (Lipinski definition) is 2. The first-order valence-corrected chi connectivity index (χ1v) is 7.13. The van der Waals surface area contributed by atoms with Crippen molar-refractivity contribution in [1.82, 2.24) is 15.2 Å². The average molecular weight is 301 g/mol. The summed E-state index contributed by atoms with van der Waals surface area (Å²) in [6, 6.07) is 13.9. The van der Waals surface area contributed by atoms with Gasteiger partial charge in [-0.05, 0) is 30.2 Å². The smallest absolute Gasteiger partial charge is 0.0930 e. The van der Waals surface area contributed by atoms with E-state index in [0.717, 1.165) is 32.7 Å². The molecule has 1 unspecified atom stereocenters. The van der Waals surface area contributed by atoms with Crippen molar-refractivity contribution in [3.8, 4) is 0 Å². The number of nitrogens with zero attached hydrogens (tertiary/aromatic N) is 2. The van der Waals surface area contributed by atoms with E-state index in [1.165, 1.54) is 0 Å². The van der Waals surface area contributed by atoms with Gasteiger partial charge in [0.15, 0.2) is 0 Å². The number of halogens is 1. The Morgan fingerprint density at radius 3 is 2.71 bits per heavy atom. The van der Waals surface area contributed by atoms with Crippen LogP contribution in [0.25, 0.3) is 10.9 Å². The van der Waals surface area contributed by atoms with E-state index in [-0.39, 0.29) is 6.04 Å². The van der Waals surface area contributed by atoms with Gasteiger partial charge < -0.3 is 0 Å². The SMILES string of the molecule is Cc1ccc(C(NN)c2nn(C)c3ccccc23)cc1Cl. The Balaban J connectivity index is 2.16. The normalized spacial score (nSPS) is 12.8. The van der Waals surface area contributed by atoms with Gasteiger partial charge in [0.2, 0.25) is 0 Å². The maximum Gasteiger partial charge on any atom is 0.0930 e. The van der Waals surface area contributed by atoms with Crippen LogP contribution in [-0.4, -0.2) is 9.78 Å². The van der Waals surface area contributed by atoms with Crippen LogP contribution in [0.3, 0.4) is 0 Å². The highest BCUT2D eigenvalue weighted by atomic mass is 35.5. The highest BCUT2D eigenvalue weighted by Crippen LogP contribution is 2.29. The number of aromatic nitrogens is 2. The highest BCUT2D eigenvalue weighted by Gasteiger charge is 2.20. The molecule has 3 aromatic rings. The molecular weight excluding hydrogens is 284 g/mol. The van der Waals surface area contributed by atoms with Crippen molar-refractivity contribution in [2.75, 3.05) is 0 Å². The number of hydrazine groups is 1. The minimum atomic E-state index is -0.200. The quantitative estimate of drug-likeness (QED) is 0.577. The van der Waals surface area contributed by atoms with Gasteiger partial charge in [-0.1, -0.05) is 41.9 Å². The van der Waals surface area contributed by atoms with Crippen LogP contribution < -0.4 is 11.3 Å². The van der Waals surface area contributed by atoms with Gasteiger partial charge in [-0.25, -0.2) is 5.43 Å². The predicted octanol–water partition coefficient (Wildman–Crippen LogP) is 3.09. The summed E-state index contributed by atoms with van der Waals surface area (Å²) in [6.07, 6.45) is 0. The number of fused-ring (bicyclic) bond motifs is 1. The van der Waals surface area contributed by atoms with Crippen LogP contribution in [0.1, 0.15) is 22.9 Å². The van der Waals surface area contributed by atoms with Crippen molar-refractivity contribution in [2.24, 2.45) is 12.9 Å². The molecule has 1 atom stereocenters. The first kappa shape index (κ1) is 14.1. The third-order valence-electron chi connectivity index (χ3n) is 3.76. The van der Waals surface area contributed by atoms with E-state index >= 15 is 0 Å². The molecule has 5 heteroatoms. The summed E-state index contributed by atoms with van der Waals surface area (Å²) in [4.78, 5) is 0. The van der Waals surface area contributed by atoms with Crippen molar-refractivity contribution in [2.45, 2.75) is 13.0 Å². The Kier molecular flexibility index (Phi) is 3.68. The van der Waals surface area contributed by atoms with E-state index in [9.17, 15) is 0 Å². The number of nitrogens with one attached hydrogen (secondary N) is 1. The Labute approximate surface area is 128 Å². The van der Waals surface area contributed by atoms with Crippen molar-refractivity contribution < 1.29 is 0 Å². The highest BCUT2D eigenvalue weighted by molar-refractivity contribution is 6.31. The number of aryl methyl sites for hydroxylation is 2. The van der Waals surface area contributed by atoms with E-state index in [1.54, 1.807) is 0 Å². The van der Waals surface area contributed by atoms with Crippen molar-refractivity contribution in [1.29, 1.82) is 0 Å². The Bertz CT molecular complexity index is 794. The molecule has 0 amide bonds. The van der Waals surface area contributed by atoms with E-state index < -0.39 is 0 Å². The van der Waals surface area contributed by atoms with Crippen LogP contribution in [0, 0.1) is 6.92 Å². The van der Waals surface area contributed by atoms with Crippen molar-refractivity contribution in [3.63, 3.8) is 0 Å². The van der Waals surface area contributed by atoms with Crippen LogP contribution in [0.2, 0.25) is 5.02 Å². The summed E-state index contributed by atoms with van der Waals surface area (Å²) in [5, 5.41) is 6.43. The molecule has 0 bridgehead atoms. The molecule has 0 saturated heterocycles. The fraction of sp³-hybridized carbons (Fsp3) is 0.188. The maximum absolute atomic E-state index is 6.23. The lowest BCUT2D eigenvalue weighted by molar-refractivity contribution is 0.608. The average Bonchev–Trinajstić information content (AvgIpc) is 2.82. The summed E-state index contributed by atoms with van der Waals surface area (Å²) in [5.74, 6) is 5.78. The number of nitrogens with two attached hydrogens (primary N) is 1. The van der Waals surface area contributed by atoms with Crippen LogP contribution in [0.4, 0.5) is 0 Å². The van der Waals surface area contributed by atoms with E-state index in [1.807, 2.05) is 55.1 Å². The first-order valence-electron chi connectivity index (χ1n) is 6.75. The molecule has 0 spiro atoms.